The van der Waals surface area contributed by atoms with Crippen LogP contribution in [0, 0.1) is 13.8 Å². The minimum Gasteiger partial charge on any atom is -0.454 e. The summed E-state index contributed by atoms with van der Waals surface area (Å²) in [5, 5.41) is 2.71. The largest absolute Gasteiger partial charge is 0.454 e. The fourth-order valence-corrected chi connectivity index (χ4v) is 3.23. The van der Waals surface area contributed by atoms with Crippen molar-refractivity contribution in [3.8, 4) is 11.5 Å². The summed E-state index contributed by atoms with van der Waals surface area (Å²) in [6, 6.07) is 11.1. The third-order valence-corrected chi connectivity index (χ3v) is 5.12. The van der Waals surface area contributed by atoms with E-state index in [1.807, 2.05) is 32.0 Å². The van der Waals surface area contributed by atoms with Gasteiger partial charge in [-0.15, -0.1) is 11.8 Å². The molecular weight excluding hydrogens is 366 g/mol. The van der Waals surface area contributed by atoms with Crippen LogP contribution < -0.4 is 14.8 Å². The number of carbonyl (C=O) groups excluding carboxylic acids is 2. The normalized spacial score (nSPS) is 13.1. The van der Waals surface area contributed by atoms with Crippen LogP contribution in [0.2, 0.25) is 0 Å². The van der Waals surface area contributed by atoms with Gasteiger partial charge in [-0.05, 0) is 56.2 Å². The number of anilines is 1. The first-order valence-electron chi connectivity index (χ1n) is 8.52. The maximum absolute atomic E-state index is 12.2. The summed E-state index contributed by atoms with van der Waals surface area (Å²) < 4.78 is 15.7. The molecule has 0 unspecified atom stereocenters. The minimum atomic E-state index is -0.900. The molecule has 7 heteroatoms. The molecule has 3 rings (SSSR count). The van der Waals surface area contributed by atoms with E-state index < -0.39 is 18.0 Å². The molecule has 0 spiro atoms. The molecule has 0 saturated heterocycles. The Balaban J connectivity index is 1.48. The van der Waals surface area contributed by atoms with E-state index in [9.17, 15) is 9.59 Å². The van der Waals surface area contributed by atoms with Crippen LogP contribution in [0.5, 0.6) is 11.5 Å². The zero-order valence-corrected chi connectivity index (χ0v) is 16.2. The molecule has 0 aromatic heterocycles. The first-order valence-corrected chi connectivity index (χ1v) is 9.51. The van der Waals surface area contributed by atoms with Crippen molar-refractivity contribution in [1.29, 1.82) is 0 Å². The second-order valence-corrected chi connectivity index (χ2v) is 7.27. The average molecular weight is 387 g/mol. The lowest BCUT2D eigenvalue weighted by Gasteiger charge is -2.14. The Kier molecular flexibility index (Phi) is 5.91. The molecule has 1 aliphatic heterocycles. The van der Waals surface area contributed by atoms with E-state index in [-0.39, 0.29) is 12.5 Å². The summed E-state index contributed by atoms with van der Waals surface area (Å²) in [6.45, 7) is 5.78. The van der Waals surface area contributed by atoms with Crippen LogP contribution in [0.3, 0.4) is 0 Å². The highest BCUT2D eigenvalue weighted by Gasteiger charge is 2.20. The number of thioether (sulfide) groups is 1. The summed E-state index contributed by atoms with van der Waals surface area (Å²) in [7, 11) is 0. The summed E-state index contributed by atoms with van der Waals surface area (Å²) in [5.74, 6) is 0.507. The van der Waals surface area contributed by atoms with Crippen molar-refractivity contribution < 1.29 is 23.8 Å². The topological polar surface area (TPSA) is 73.9 Å². The molecular formula is C20H21NO5S. The van der Waals surface area contributed by atoms with E-state index in [1.165, 1.54) is 22.9 Å². The second kappa shape index (κ2) is 8.35. The average Bonchev–Trinajstić information content (AvgIpc) is 3.10. The minimum absolute atomic E-state index is 0.143. The number of benzene rings is 2. The third kappa shape index (κ3) is 4.95. The Morgan fingerprint density at radius 1 is 1.11 bits per heavy atom. The first-order chi connectivity index (χ1) is 12.9. The summed E-state index contributed by atoms with van der Waals surface area (Å²) in [5.41, 5.74) is 2.93. The predicted molar refractivity (Wildman–Crippen MR) is 103 cm³/mol. The standard InChI is InChI=1S/C20H21NO5S/c1-12-4-6-16(8-13(12)2)27-10-19(22)26-14(3)20(23)21-15-5-7-17-18(9-15)25-11-24-17/h4-9,14H,10-11H2,1-3H3,(H,21,23)/t14-/m0/s1. The summed E-state index contributed by atoms with van der Waals surface area (Å²) >= 11 is 1.39. The summed E-state index contributed by atoms with van der Waals surface area (Å²) in [4.78, 5) is 25.3. The van der Waals surface area contributed by atoms with Crippen LogP contribution in [-0.4, -0.2) is 30.5 Å². The molecule has 0 fully saturated rings. The Morgan fingerprint density at radius 2 is 1.89 bits per heavy atom. The van der Waals surface area contributed by atoms with Gasteiger partial charge in [0.05, 0.1) is 5.75 Å². The molecule has 1 amide bonds. The van der Waals surface area contributed by atoms with Crippen molar-refractivity contribution >= 4 is 29.3 Å². The third-order valence-electron chi connectivity index (χ3n) is 4.15. The van der Waals surface area contributed by atoms with Crippen molar-refractivity contribution in [2.45, 2.75) is 31.8 Å². The second-order valence-electron chi connectivity index (χ2n) is 6.22. The summed E-state index contributed by atoms with van der Waals surface area (Å²) in [6.07, 6.45) is -0.900. The molecule has 2 aromatic carbocycles. The zero-order chi connectivity index (χ0) is 19.4. The number of carbonyl (C=O) groups is 2. The number of esters is 1. The molecule has 6 nitrogen and oxygen atoms in total. The van der Waals surface area contributed by atoms with Gasteiger partial charge in [-0.1, -0.05) is 6.07 Å². The van der Waals surface area contributed by atoms with Crippen molar-refractivity contribution in [3.05, 3.63) is 47.5 Å². The van der Waals surface area contributed by atoms with E-state index in [0.717, 1.165) is 4.90 Å². The van der Waals surface area contributed by atoms with Crippen LogP contribution in [-0.2, 0) is 14.3 Å². The first kappa shape index (κ1) is 19.1. The van der Waals surface area contributed by atoms with E-state index >= 15 is 0 Å². The number of rotatable bonds is 6. The lowest BCUT2D eigenvalue weighted by molar-refractivity contribution is -0.150. The van der Waals surface area contributed by atoms with E-state index in [4.69, 9.17) is 14.2 Å². The number of fused-ring (bicyclic) bond motifs is 1. The Bertz CT molecular complexity index is 867. The van der Waals surface area contributed by atoms with Gasteiger partial charge in [0.1, 0.15) is 0 Å². The number of amides is 1. The molecule has 0 bridgehead atoms. The molecule has 1 aliphatic rings. The number of hydrogen-bond acceptors (Lipinski definition) is 6. The lowest BCUT2D eigenvalue weighted by atomic mass is 10.1. The highest BCUT2D eigenvalue weighted by atomic mass is 32.2. The lowest BCUT2D eigenvalue weighted by Crippen LogP contribution is -2.30. The van der Waals surface area contributed by atoms with E-state index in [0.29, 0.717) is 17.2 Å². The highest BCUT2D eigenvalue weighted by Crippen LogP contribution is 2.34. The molecule has 0 radical (unpaired) electrons. The van der Waals surface area contributed by atoms with Gasteiger partial charge < -0.3 is 19.5 Å². The Labute approximate surface area is 162 Å². The van der Waals surface area contributed by atoms with Gasteiger partial charge >= 0.3 is 5.97 Å². The number of hydrogen-bond donors (Lipinski definition) is 1. The monoisotopic (exact) mass is 387 g/mol. The predicted octanol–water partition coefficient (Wildman–Crippen LogP) is 3.69. The van der Waals surface area contributed by atoms with Crippen molar-refractivity contribution in [3.63, 3.8) is 0 Å². The highest BCUT2D eigenvalue weighted by molar-refractivity contribution is 8.00. The molecule has 0 saturated carbocycles. The van der Waals surface area contributed by atoms with Gasteiger partial charge in [0, 0.05) is 16.6 Å². The van der Waals surface area contributed by atoms with Crippen LogP contribution in [0.25, 0.3) is 0 Å². The van der Waals surface area contributed by atoms with Crippen LogP contribution in [0.15, 0.2) is 41.3 Å². The molecule has 1 atom stereocenters. The SMILES string of the molecule is Cc1ccc(SCC(=O)O[C@@H](C)C(=O)Nc2ccc3c(c2)OCO3)cc1C. The zero-order valence-electron chi connectivity index (χ0n) is 15.4. The molecule has 1 N–H and O–H groups in total. The molecule has 27 heavy (non-hydrogen) atoms. The van der Waals surface area contributed by atoms with Crippen molar-refractivity contribution in [2.24, 2.45) is 0 Å². The van der Waals surface area contributed by atoms with Gasteiger partial charge in [0.25, 0.3) is 5.91 Å². The van der Waals surface area contributed by atoms with Gasteiger partial charge in [-0.3, -0.25) is 9.59 Å². The quantitative estimate of drug-likeness (QED) is 0.602. The molecule has 1 heterocycles. The molecule has 0 aliphatic carbocycles. The number of nitrogens with one attached hydrogen (secondary N) is 1. The smallest absolute Gasteiger partial charge is 0.317 e. The van der Waals surface area contributed by atoms with Crippen LogP contribution in [0.1, 0.15) is 18.1 Å². The van der Waals surface area contributed by atoms with Gasteiger partial charge in [0.15, 0.2) is 17.6 Å². The van der Waals surface area contributed by atoms with Gasteiger partial charge in [0.2, 0.25) is 6.79 Å². The van der Waals surface area contributed by atoms with Gasteiger partial charge in [-0.2, -0.15) is 0 Å². The number of aryl methyl sites for hydroxylation is 2. The molecule has 2 aromatic rings. The Morgan fingerprint density at radius 3 is 2.67 bits per heavy atom. The van der Waals surface area contributed by atoms with Gasteiger partial charge in [-0.25, -0.2) is 0 Å². The van der Waals surface area contributed by atoms with Crippen LogP contribution in [0.4, 0.5) is 5.69 Å². The Hall–Kier alpha value is -2.67. The van der Waals surface area contributed by atoms with E-state index in [2.05, 4.69) is 5.32 Å². The maximum Gasteiger partial charge on any atom is 0.317 e. The fourth-order valence-electron chi connectivity index (χ4n) is 2.45. The fraction of sp³-hybridized carbons (Fsp3) is 0.300. The van der Waals surface area contributed by atoms with Crippen LogP contribution >= 0.6 is 11.8 Å². The number of ether oxygens (including phenoxy) is 3. The molecule has 142 valence electrons. The maximum atomic E-state index is 12.2. The van der Waals surface area contributed by atoms with E-state index in [1.54, 1.807) is 25.1 Å². The van der Waals surface area contributed by atoms with Crippen molar-refractivity contribution in [2.75, 3.05) is 17.9 Å². The van der Waals surface area contributed by atoms with Crippen molar-refractivity contribution in [1.82, 2.24) is 0 Å².